The lowest BCUT2D eigenvalue weighted by Gasteiger charge is -2.37. The molecule has 0 aromatic heterocycles. The predicted octanol–water partition coefficient (Wildman–Crippen LogP) is 2.33. The molecular weight excluding hydrogens is 506 g/mol. The summed E-state index contributed by atoms with van der Waals surface area (Å²) < 4.78 is 6.08. The van der Waals surface area contributed by atoms with Crippen LogP contribution in [0.2, 0.25) is 0 Å². The quantitative estimate of drug-likeness (QED) is 0.544. The molecule has 9 heteroatoms. The molecule has 2 aromatic carbocycles. The van der Waals surface area contributed by atoms with Crippen molar-refractivity contribution >= 4 is 17.7 Å². The van der Waals surface area contributed by atoms with E-state index in [9.17, 15) is 14.4 Å². The van der Waals surface area contributed by atoms with Crippen LogP contribution in [0.1, 0.15) is 49.3 Å². The Labute approximate surface area is 236 Å². The Bertz CT molecular complexity index is 1220. The molecule has 0 spiro atoms. The number of likely N-dealkylation sites (N-methyl/N-ethyl adjacent to an activating group) is 1. The van der Waals surface area contributed by atoms with E-state index in [2.05, 4.69) is 22.0 Å². The van der Waals surface area contributed by atoms with Crippen LogP contribution in [-0.2, 0) is 27.2 Å². The van der Waals surface area contributed by atoms with Gasteiger partial charge < -0.3 is 25.6 Å². The van der Waals surface area contributed by atoms with E-state index in [0.29, 0.717) is 31.7 Å². The molecule has 3 atom stereocenters. The monoisotopic (exact) mass is 545 g/mol. The Morgan fingerprint density at radius 1 is 1.00 bits per heavy atom. The topological polar surface area (TPSA) is 124 Å². The number of nitrogens with one attached hydrogen (secondary N) is 3. The molecule has 0 saturated heterocycles. The first-order valence-electron chi connectivity index (χ1n) is 14.1. The number of carbonyl (C=O) groups is 3. The normalized spacial score (nSPS) is 23.8. The van der Waals surface area contributed by atoms with Gasteiger partial charge in [0.1, 0.15) is 24.4 Å². The second-order valence-corrected chi connectivity index (χ2v) is 10.7. The lowest BCUT2D eigenvalue weighted by molar-refractivity contribution is -0.142. The summed E-state index contributed by atoms with van der Waals surface area (Å²) >= 11 is 0. The fraction of sp³-hybridized carbons (Fsp3) is 0.484. The summed E-state index contributed by atoms with van der Waals surface area (Å²) in [6.07, 6.45) is 4.71. The highest BCUT2D eigenvalue weighted by Crippen LogP contribution is 2.30. The van der Waals surface area contributed by atoms with Gasteiger partial charge in [-0.3, -0.25) is 14.4 Å². The molecule has 3 amide bonds. The van der Waals surface area contributed by atoms with Crippen LogP contribution in [0.5, 0.6) is 5.75 Å². The number of amides is 3. The molecule has 2 aromatic rings. The zero-order valence-electron chi connectivity index (χ0n) is 23.3. The molecule has 0 radical (unpaired) electrons. The third-order valence-corrected chi connectivity index (χ3v) is 7.97. The van der Waals surface area contributed by atoms with Crippen molar-refractivity contribution < 1.29 is 19.1 Å². The third kappa shape index (κ3) is 7.39. The van der Waals surface area contributed by atoms with E-state index in [1.807, 2.05) is 24.3 Å². The molecule has 9 nitrogen and oxygen atoms in total. The minimum Gasteiger partial charge on any atom is -0.492 e. The van der Waals surface area contributed by atoms with Crippen molar-refractivity contribution in [3.8, 4) is 11.8 Å². The highest BCUT2D eigenvalue weighted by atomic mass is 16.5. The molecule has 1 aliphatic heterocycles. The number of carbonyl (C=O) groups excluding carboxylic acids is 3. The Morgan fingerprint density at radius 2 is 1.75 bits per heavy atom. The summed E-state index contributed by atoms with van der Waals surface area (Å²) in [6, 6.07) is 14.9. The van der Waals surface area contributed by atoms with E-state index in [1.54, 1.807) is 38.2 Å². The molecule has 2 aliphatic rings. The number of rotatable bonds is 3. The number of ether oxygens (including phenoxy) is 1. The third-order valence-electron chi connectivity index (χ3n) is 7.97. The van der Waals surface area contributed by atoms with Crippen LogP contribution in [0.15, 0.2) is 48.5 Å². The molecule has 1 saturated carbocycles. The van der Waals surface area contributed by atoms with Gasteiger partial charge in [-0.15, -0.1) is 0 Å². The molecule has 40 heavy (non-hydrogen) atoms. The number of benzene rings is 2. The van der Waals surface area contributed by atoms with Gasteiger partial charge in [0.2, 0.25) is 17.7 Å². The summed E-state index contributed by atoms with van der Waals surface area (Å²) in [6.45, 7) is 3.05. The summed E-state index contributed by atoms with van der Waals surface area (Å²) in [5.74, 6) is 0.203. The number of fused-ring (bicyclic) bond motifs is 1. The van der Waals surface area contributed by atoms with Crippen molar-refractivity contribution in [2.75, 3.05) is 26.7 Å². The number of nitriles is 1. The zero-order valence-corrected chi connectivity index (χ0v) is 23.3. The largest absolute Gasteiger partial charge is 0.492 e. The summed E-state index contributed by atoms with van der Waals surface area (Å²) in [5, 5.41) is 18.4. The van der Waals surface area contributed by atoms with Gasteiger partial charge in [0.15, 0.2) is 0 Å². The first kappa shape index (κ1) is 29.1. The number of nitrogens with zero attached hydrogens (tertiary/aromatic N) is 2. The molecule has 1 aliphatic carbocycles. The van der Waals surface area contributed by atoms with Gasteiger partial charge in [0.25, 0.3) is 0 Å². The Kier molecular flexibility index (Phi) is 10.1. The molecule has 1 heterocycles. The van der Waals surface area contributed by atoms with Gasteiger partial charge in [0, 0.05) is 26.6 Å². The molecular formula is C31H39N5O4. The fourth-order valence-corrected chi connectivity index (χ4v) is 5.11. The van der Waals surface area contributed by atoms with E-state index in [-0.39, 0.29) is 24.2 Å². The van der Waals surface area contributed by atoms with Gasteiger partial charge in [-0.25, -0.2) is 0 Å². The maximum absolute atomic E-state index is 13.6. The van der Waals surface area contributed by atoms with Crippen LogP contribution < -0.4 is 20.7 Å². The number of aryl methyl sites for hydroxylation is 1. The SMILES string of the molecule is C[C@@H]1C(=O)N[C@H](Cc2ccc(C#N)cc2)C(=O)NCCCc2ccccc2OCCN[C@@H](C2CCC2)C(=O)N1C. The number of hydrogen-bond donors (Lipinski definition) is 3. The average molecular weight is 546 g/mol. The van der Waals surface area contributed by atoms with Crippen LogP contribution in [-0.4, -0.2) is 67.5 Å². The second-order valence-electron chi connectivity index (χ2n) is 10.7. The number of hydrogen-bond acceptors (Lipinski definition) is 6. The average Bonchev–Trinajstić information content (AvgIpc) is 2.94. The molecule has 0 unspecified atom stereocenters. The van der Waals surface area contributed by atoms with E-state index >= 15 is 0 Å². The predicted molar refractivity (Wildman–Crippen MR) is 151 cm³/mol. The minimum atomic E-state index is -0.832. The van der Waals surface area contributed by atoms with Gasteiger partial charge in [-0.2, -0.15) is 5.26 Å². The highest BCUT2D eigenvalue weighted by molar-refractivity contribution is 5.93. The number of para-hydroxylation sites is 1. The fourth-order valence-electron chi connectivity index (χ4n) is 5.11. The Morgan fingerprint density at radius 3 is 2.45 bits per heavy atom. The van der Waals surface area contributed by atoms with Crippen molar-refractivity contribution in [3.63, 3.8) is 0 Å². The lowest BCUT2D eigenvalue weighted by Crippen LogP contribution is -2.58. The van der Waals surface area contributed by atoms with Crippen LogP contribution in [0.25, 0.3) is 0 Å². The second kappa shape index (κ2) is 13.9. The van der Waals surface area contributed by atoms with E-state index in [1.165, 1.54) is 4.90 Å². The summed E-state index contributed by atoms with van der Waals surface area (Å²) in [4.78, 5) is 41.6. The maximum atomic E-state index is 13.6. The molecule has 3 N–H and O–H groups in total. The van der Waals surface area contributed by atoms with E-state index in [4.69, 9.17) is 10.00 Å². The molecule has 212 valence electrons. The van der Waals surface area contributed by atoms with Crippen molar-refractivity contribution in [2.45, 2.75) is 63.6 Å². The highest BCUT2D eigenvalue weighted by Gasteiger charge is 2.37. The Balaban J connectivity index is 1.55. The Hall–Kier alpha value is -3.90. The van der Waals surface area contributed by atoms with Crippen LogP contribution >= 0.6 is 0 Å². The van der Waals surface area contributed by atoms with Crippen molar-refractivity contribution in [1.82, 2.24) is 20.9 Å². The molecule has 1 fully saturated rings. The molecule has 4 rings (SSSR count). The van der Waals surface area contributed by atoms with Gasteiger partial charge in [-0.1, -0.05) is 36.8 Å². The lowest BCUT2D eigenvalue weighted by atomic mass is 9.79. The van der Waals surface area contributed by atoms with Crippen LogP contribution in [0.3, 0.4) is 0 Å². The zero-order chi connectivity index (χ0) is 28.5. The van der Waals surface area contributed by atoms with Crippen molar-refractivity contribution in [3.05, 3.63) is 65.2 Å². The van der Waals surface area contributed by atoms with Crippen molar-refractivity contribution in [1.29, 1.82) is 5.26 Å². The van der Waals surface area contributed by atoms with Crippen molar-refractivity contribution in [2.24, 2.45) is 5.92 Å². The standard InChI is InChI=1S/C31H39N5O4/c1-21-29(37)35-26(19-22-12-14-23(20-32)15-13-22)30(38)34-16-6-10-24-7-3-4-11-27(24)40-18-17-33-28(25-8-5-9-25)31(39)36(21)2/h3-4,7,11-15,21,25-26,28,33H,5-6,8-10,16-19H2,1-2H3,(H,34,38)(H,35,37)/t21-,26-,28+/m1/s1. The minimum absolute atomic E-state index is 0.137. The van der Waals surface area contributed by atoms with E-state index in [0.717, 1.165) is 42.6 Å². The van der Waals surface area contributed by atoms with Crippen LogP contribution in [0, 0.1) is 17.2 Å². The maximum Gasteiger partial charge on any atom is 0.243 e. The van der Waals surface area contributed by atoms with Gasteiger partial charge >= 0.3 is 0 Å². The van der Waals surface area contributed by atoms with Gasteiger partial charge in [0.05, 0.1) is 17.7 Å². The smallest absolute Gasteiger partial charge is 0.243 e. The van der Waals surface area contributed by atoms with E-state index < -0.39 is 24.0 Å². The summed E-state index contributed by atoms with van der Waals surface area (Å²) in [5.41, 5.74) is 2.40. The molecule has 0 bridgehead atoms. The van der Waals surface area contributed by atoms with Gasteiger partial charge in [-0.05, 0) is 67.9 Å². The summed E-state index contributed by atoms with van der Waals surface area (Å²) in [7, 11) is 1.64. The first-order valence-corrected chi connectivity index (χ1v) is 14.1. The first-order chi connectivity index (χ1) is 19.4. The van der Waals surface area contributed by atoms with Crippen LogP contribution in [0.4, 0.5) is 0 Å².